The van der Waals surface area contributed by atoms with Crippen LogP contribution in [0.4, 0.5) is 13.2 Å². The highest BCUT2D eigenvalue weighted by Gasteiger charge is 2.34. The summed E-state index contributed by atoms with van der Waals surface area (Å²) >= 11 is 4.78. The Morgan fingerprint density at radius 1 is 1.37 bits per heavy atom. The first kappa shape index (κ1) is 16.4. The van der Waals surface area contributed by atoms with Crippen LogP contribution in [0, 0.1) is 11.3 Å². The molecule has 104 valence electrons. The van der Waals surface area contributed by atoms with Crippen molar-refractivity contribution in [2.75, 3.05) is 0 Å². The summed E-state index contributed by atoms with van der Waals surface area (Å²) in [5, 5.41) is 8.81. The van der Waals surface area contributed by atoms with Crippen molar-refractivity contribution in [1.82, 2.24) is 0 Å². The summed E-state index contributed by atoms with van der Waals surface area (Å²) in [5.74, 6) is -0.162. The van der Waals surface area contributed by atoms with Gasteiger partial charge in [-0.3, -0.25) is 0 Å². The third kappa shape index (κ3) is 4.45. The van der Waals surface area contributed by atoms with E-state index in [1.165, 1.54) is 6.07 Å². The van der Waals surface area contributed by atoms with Crippen LogP contribution in [0.2, 0.25) is 0 Å². The molecule has 0 saturated carbocycles. The lowest BCUT2D eigenvalue weighted by atomic mass is 10.1. The van der Waals surface area contributed by atoms with Crippen LogP contribution in [0.3, 0.4) is 0 Å². The Hall–Kier alpha value is -0.620. The monoisotopic (exact) mass is 349 g/mol. The van der Waals surface area contributed by atoms with Gasteiger partial charge in [-0.25, -0.2) is 8.42 Å². The zero-order valence-electron chi connectivity index (χ0n) is 8.83. The number of rotatable bonds is 3. The minimum Gasteiger partial charge on any atom is -0.207 e. The van der Waals surface area contributed by atoms with Gasteiger partial charge in [0.1, 0.15) is 6.07 Å². The van der Waals surface area contributed by atoms with E-state index in [1.807, 2.05) is 0 Å². The fourth-order valence-electron chi connectivity index (χ4n) is 1.22. The third-order valence-electron chi connectivity index (χ3n) is 1.87. The van der Waals surface area contributed by atoms with E-state index in [-0.39, 0.29) is 11.4 Å². The summed E-state index contributed by atoms with van der Waals surface area (Å²) in [6.07, 6.45) is 0. The predicted molar refractivity (Wildman–Crippen MR) is 65.7 cm³/mol. The molecule has 3 nitrogen and oxygen atoms in total. The van der Waals surface area contributed by atoms with Gasteiger partial charge in [0.2, 0.25) is 0 Å². The van der Waals surface area contributed by atoms with Crippen LogP contribution in [0.15, 0.2) is 21.9 Å². The molecule has 0 bridgehead atoms. The number of hydrogen-bond donors (Lipinski definition) is 0. The highest BCUT2D eigenvalue weighted by atomic mass is 35.7. The zero-order valence-corrected chi connectivity index (χ0v) is 12.0. The van der Waals surface area contributed by atoms with E-state index in [9.17, 15) is 21.6 Å². The molecule has 0 fully saturated rings. The SMILES string of the molecule is N#Cc1cc(CCl)cc(S(=O)(=O)Cl)c1SC(F)(F)F. The standard InChI is InChI=1S/C9H4Cl2F3NO2S2/c10-3-5-1-6(4-15)8(18-9(12,13)14)7(2-5)19(11,16)17/h1-2H,3H2. The van der Waals surface area contributed by atoms with Gasteiger partial charge in [-0.1, -0.05) is 0 Å². The molecule has 1 aromatic carbocycles. The van der Waals surface area contributed by atoms with Crippen molar-refractivity contribution in [1.29, 1.82) is 5.26 Å². The maximum absolute atomic E-state index is 12.4. The van der Waals surface area contributed by atoms with Crippen molar-refractivity contribution in [3.05, 3.63) is 23.3 Å². The normalized spacial score (nSPS) is 12.2. The lowest BCUT2D eigenvalue weighted by Crippen LogP contribution is -2.05. The molecule has 0 N–H and O–H groups in total. The number of benzene rings is 1. The second-order valence-electron chi connectivity index (χ2n) is 3.20. The minimum absolute atomic E-state index is 0.162. The molecule has 10 heteroatoms. The van der Waals surface area contributed by atoms with E-state index in [0.29, 0.717) is 0 Å². The van der Waals surface area contributed by atoms with Gasteiger partial charge in [0.25, 0.3) is 9.05 Å². The van der Waals surface area contributed by atoms with Crippen molar-refractivity contribution < 1.29 is 21.6 Å². The summed E-state index contributed by atoms with van der Waals surface area (Å²) in [7, 11) is 0.660. The lowest BCUT2D eigenvalue weighted by molar-refractivity contribution is -0.0329. The van der Waals surface area contributed by atoms with Crippen molar-refractivity contribution in [2.24, 2.45) is 0 Å². The van der Waals surface area contributed by atoms with Gasteiger partial charge in [0.05, 0.1) is 15.4 Å². The maximum Gasteiger partial charge on any atom is 0.446 e. The van der Waals surface area contributed by atoms with Crippen LogP contribution in [0.25, 0.3) is 0 Å². The number of nitrogens with zero attached hydrogens (tertiary/aromatic N) is 1. The Balaban J connectivity index is 3.62. The van der Waals surface area contributed by atoms with Crippen LogP contribution in [0.1, 0.15) is 11.1 Å². The molecule has 19 heavy (non-hydrogen) atoms. The predicted octanol–water partition coefficient (Wildman–Crippen LogP) is 3.84. The van der Waals surface area contributed by atoms with Crippen LogP contribution in [0.5, 0.6) is 0 Å². The van der Waals surface area contributed by atoms with Crippen molar-refractivity contribution >= 4 is 43.1 Å². The first-order valence-electron chi connectivity index (χ1n) is 4.42. The molecule has 1 aromatic rings. The van der Waals surface area contributed by atoms with Gasteiger partial charge < -0.3 is 0 Å². The number of halogens is 5. The van der Waals surface area contributed by atoms with Gasteiger partial charge in [-0.2, -0.15) is 18.4 Å². The highest BCUT2D eigenvalue weighted by Crippen LogP contribution is 2.43. The highest BCUT2D eigenvalue weighted by molar-refractivity contribution is 8.14. The van der Waals surface area contributed by atoms with E-state index < -0.39 is 41.7 Å². The van der Waals surface area contributed by atoms with E-state index in [2.05, 4.69) is 0 Å². The first-order chi connectivity index (χ1) is 8.58. The summed E-state index contributed by atoms with van der Waals surface area (Å²) in [6, 6.07) is 3.51. The van der Waals surface area contributed by atoms with E-state index in [4.69, 9.17) is 27.5 Å². The summed E-state index contributed by atoms with van der Waals surface area (Å²) in [5.41, 5.74) is -5.01. The molecular formula is C9H4Cl2F3NO2S2. The molecule has 0 aromatic heterocycles. The molecule has 0 atom stereocenters. The molecule has 0 radical (unpaired) electrons. The molecular weight excluding hydrogens is 346 g/mol. The Morgan fingerprint density at radius 3 is 2.32 bits per heavy atom. The topological polar surface area (TPSA) is 57.9 Å². The largest absolute Gasteiger partial charge is 0.446 e. The van der Waals surface area contributed by atoms with E-state index >= 15 is 0 Å². The van der Waals surface area contributed by atoms with Gasteiger partial charge in [0.15, 0.2) is 0 Å². The van der Waals surface area contributed by atoms with Crippen molar-refractivity contribution in [2.45, 2.75) is 21.2 Å². The summed E-state index contributed by atoms with van der Waals surface area (Å²) < 4.78 is 59.8. The molecule has 0 aliphatic rings. The fraction of sp³-hybridized carbons (Fsp3) is 0.222. The van der Waals surface area contributed by atoms with Crippen LogP contribution < -0.4 is 0 Å². The molecule has 0 heterocycles. The summed E-state index contributed by atoms with van der Waals surface area (Å²) in [4.78, 5) is -1.52. The molecule has 0 unspecified atom stereocenters. The average molecular weight is 350 g/mol. The van der Waals surface area contributed by atoms with E-state index in [0.717, 1.165) is 12.1 Å². The molecule has 0 aliphatic carbocycles. The second kappa shape index (κ2) is 5.79. The molecule has 1 rings (SSSR count). The van der Waals surface area contributed by atoms with Gasteiger partial charge in [-0.05, 0) is 29.5 Å². The average Bonchev–Trinajstić information content (AvgIpc) is 2.25. The smallest absolute Gasteiger partial charge is 0.207 e. The number of alkyl halides is 4. The first-order valence-corrected chi connectivity index (χ1v) is 8.08. The van der Waals surface area contributed by atoms with Gasteiger partial charge in [-0.15, -0.1) is 11.6 Å². The molecule has 0 amide bonds. The van der Waals surface area contributed by atoms with Crippen LogP contribution >= 0.6 is 34.0 Å². The number of thioether (sulfide) groups is 1. The quantitative estimate of drug-likeness (QED) is 0.472. The minimum atomic E-state index is -4.75. The van der Waals surface area contributed by atoms with Crippen molar-refractivity contribution in [3.63, 3.8) is 0 Å². The second-order valence-corrected chi connectivity index (χ2v) is 7.08. The third-order valence-corrected chi connectivity index (χ3v) is 4.53. The zero-order chi connectivity index (χ0) is 14.8. The Labute approximate surface area is 120 Å². The van der Waals surface area contributed by atoms with Gasteiger partial charge >= 0.3 is 5.51 Å². The van der Waals surface area contributed by atoms with Crippen LogP contribution in [-0.2, 0) is 14.9 Å². The van der Waals surface area contributed by atoms with Crippen LogP contribution in [-0.4, -0.2) is 13.9 Å². The molecule has 0 aliphatic heterocycles. The number of nitriles is 1. The van der Waals surface area contributed by atoms with Crippen molar-refractivity contribution in [3.8, 4) is 6.07 Å². The Morgan fingerprint density at radius 2 is 1.95 bits per heavy atom. The van der Waals surface area contributed by atoms with Gasteiger partial charge in [0, 0.05) is 16.6 Å². The Bertz CT molecular complexity index is 638. The number of hydrogen-bond acceptors (Lipinski definition) is 4. The molecule has 0 spiro atoms. The summed E-state index contributed by atoms with van der Waals surface area (Å²) in [6.45, 7) is 0. The lowest BCUT2D eigenvalue weighted by Gasteiger charge is -2.12. The van der Waals surface area contributed by atoms with E-state index in [1.54, 1.807) is 0 Å². The maximum atomic E-state index is 12.4. The fourth-order valence-corrected chi connectivity index (χ4v) is 3.56. The molecule has 0 saturated heterocycles. The Kier molecular flexibility index (Phi) is 5.01.